The number of aromatic amines is 1. The van der Waals surface area contributed by atoms with E-state index in [-0.39, 0.29) is 6.61 Å². The molecule has 1 aromatic carbocycles. The zero-order chi connectivity index (χ0) is 12.1. The highest BCUT2D eigenvalue weighted by Crippen LogP contribution is 2.21. The van der Waals surface area contributed by atoms with Gasteiger partial charge >= 0.3 is 0 Å². The van der Waals surface area contributed by atoms with Crippen LogP contribution in [0.25, 0.3) is 0 Å². The largest absolute Gasteiger partial charge is 0.395 e. The van der Waals surface area contributed by atoms with Crippen molar-refractivity contribution in [3.05, 3.63) is 42.1 Å². The van der Waals surface area contributed by atoms with Crippen molar-refractivity contribution in [1.29, 1.82) is 0 Å². The Morgan fingerprint density at radius 3 is 2.65 bits per heavy atom. The second kappa shape index (κ2) is 5.36. The maximum atomic E-state index is 9.09. The first kappa shape index (κ1) is 11.5. The summed E-state index contributed by atoms with van der Waals surface area (Å²) in [7, 11) is 0. The van der Waals surface area contributed by atoms with Crippen molar-refractivity contribution in [3.63, 3.8) is 0 Å². The molecule has 2 rings (SSSR count). The number of aliphatic hydroxyl groups is 1. The number of benzene rings is 1. The number of nitrogens with one attached hydrogen (secondary N) is 1. The molecular weight excluding hydrogens is 216 g/mol. The molecule has 0 radical (unpaired) electrons. The van der Waals surface area contributed by atoms with Crippen LogP contribution in [-0.2, 0) is 6.54 Å². The van der Waals surface area contributed by atoms with Gasteiger partial charge in [0.2, 0.25) is 0 Å². The van der Waals surface area contributed by atoms with Crippen LogP contribution in [-0.4, -0.2) is 28.5 Å². The summed E-state index contributed by atoms with van der Waals surface area (Å²) < 4.78 is 0. The van der Waals surface area contributed by atoms with E-state index >= 15 is 0 Å². The van der Waals surface area contributed by atoms with Gasteiger partial charge in [-0.15, -0.1) is 0 Å². The molecule has 1 aromatic heterocycles. The quantitative estimate of drug-likeness (QED) is 0.718. The van der Waals surface area contributed by atoms with E-state index in [1.807, 2.05) is 35.2 Å². The van der Waals surface area contributed by atoms with Crippen LogP contribution in [0, 0.1) is 0 Å². The number of anilines is 2. The number of aliphatic hydroxyl groups excluding tert-OH is 1. The predicted molar refractivity (Wildman–Crippen MR) is 67.6 cm³/mol. The molecule has 0 atom stereocenters. The molecule has 0 unspecified atom stereocenters. The molecule has 0 aliphatic rings. The topological polar surface area (TPSA) is 78.2 Å². The minimum absolute atomic E-state index is 0.0808. The fourth-order valence-electron chi connectivity index (χ4n) is 1.75. The first-order chi connectivity index (χ1) is 8.31. The molecule has 17 heavy (non-hydrogen) atoms. The van der Waals surface area contributed by atoms with Gasteiger partial charge in [-0.05, 0) is 5.56 Å². The van der Waals surface area contributed by atoms with Gasteiger partial charge in [0.25, 0.3) is 0 Å². The van der Waals surface area contributed by atoms with Gasteiger partial charge in [-0.1, -0.05) is 30.3 Å². The lowest BCUT2D eigenvalue weighted by Crippen LogP contribution is -2.26. The van der Waals surface area contributed by atoms with Crippen molar-refractivity contribution in [3.8, 4) is 0 Å². The van der Waals surface area contributed by atoms with E-state index in [9.17, 15) is 0 Å². The van der Waals surface area contributed by atoms with Crippen LogP contribution in [0.15, 0.2) is 36.5 Å². The number of nitrogens with zero attached hydrogens (tertiary/aromatic N) is 2. The molecule has 4 N–H and O–H groups in total. The molecule has 0 bridgehead atoms. The van der Waals surface area contributed by atoms with Crippen LogP contribution in [0.3, 0.4) is 0 Å². The Balaban J connectivity index is 2.16. The summed E-state index contributed by atoms with van der Waals surface area (Å²) >= 11 is 0. The number of aromatic nitrogens is 2. The summed E-state index contributed by atoms with van der Waals surface area (Å²) in [6.07, 6.45) is 1.67. The highest BCUT2D eigenvalue weighted by molar-refractivity contribution is 5.62. The first-order valence-corrected chi connectivity index (χ1v) is 5.50. The summed E-state index contributed by atoms with van der Waals surface area (Å²) in [6.45, 7) is 1.31. The van der Waals surface area contributed by atoms with Crippen molar-refractivity contribution >= 4 is 11.5 Å². The summed E-state index contributed by atoms with van der Waals surface area (Å²) in [6, 6.07) is 10.0. The van der Waals surface area contributed by atoms with Crippen LogP contribution in [0.5, 0.6) is 0 Å². The number of hydrogen-bond donors (Lipinski definition) is 3. The van der Waals surface area contributed by atoms with Gasteiger partial charge < -0.3 is 15.7 Å². The molecule has 5 heteroatoms. The predicted octanol–water partition coefficient (Wildman–Crippen LogP) is 0.991. The van der Waals surface area contributed by atoms with Crippen LogP contribution in [0.1, 0.15) is 5.56 Å². The number of rotatable bonds is 5. The average Bonchev–Trinajstić information content (AvgIpc) is 2.76. The standard InChI is InChI=1S/C12H16N4O/c13-12-11(8-14-15-12)16(6-7-17)9-10-4-2-1-3-5-10/h1-5,8,17H,6-7,9H2,(H3,13,14,15). The third-order valence-electron chi connectivity index (χ3n) is 2.57. The molecule has 1 heterocycles. The van der Waals surface area contributed by atoms with Crippen molar-refractivity contribution < 1.29 is 5.11 Å². The Morgan fingerprint density at radius 1 is 1.29 bits per heavy atom. The molecule has 0 aliphatic carbocycles. The van der Waals surface area contributed by atoms with Crippen LogP contribution >= 0.6 is 0 Å². The Morgan fingerprint density at radius 2 is 2.06 bits per heavy atom. The van der Waals surface area contributed by atoms with Gasteiger partial charge in [-0.3, -0.25) is 5.10 Å². The van der Waals surface area contributed by atoms with E-state index in [2.05, 4.69) is 10.2 Å². The Bertz CT molecular complexity index is 455. The molecule has 90 valence electrons. The summed E-state index contributed by atoms with van der Waals surface area (Å²) in [4.78, 5) is 1.99. The van der Waals surface area contributed by atoms with E-state index in [4.69, 9.17) is 10.8 Å². The summed E-state index contributed by atoms with van der Waals surface area (Å²) in [5.41, 5.74) is 7.77. The van der Waals surface area contributed by atoms with E-state index in [0.717, 1.165) is 5.69 Å². The smallest absolute Gasteiger partial charge is 0.142 e. The zero-order valence-corrected chi connectivity index (χ0v) is 9.50. The molecule has 0 spiro atoms. The Kier molecular flexibility index (Phi) is 3.62. The zero-order valence-electron chi connectivity index (χ0n) is 9.50. The number of H-pyrrole nitrogens is 1. The molecule has 0 saturated carbocycles. The van der Waals surface area contributed by atoms with Gasteiger partial charge in [0, 0.05) is 13.1 Å². The van der Waals surface area contributed by atoms with Crippen molar-refractivity contribution in [2.75, 3.05) is 23.8 Å². The van der Waals surface area contributed by atoms with Gasteiger partial charge in [0.05, 0.1) is 18.5 Å². The van der Waals surface area contributed by atoms with Crippen LogP contribution < -0.4 is 10.6 Å². The lowest BCUT2D eigenvalue weighted by atomic mass is 10.2. The minimum Gasteiger partial charge on any atom is -0.395 e. The van der Waals surface area contributed by atoms with Gasteiger partial charge in [0.1, 0.15) is 5.82 Å². The highest BCUT2D eigenvalue weighted by Gasteiger charge is 2.11. The fourth-order valence-corrected chi connectivity index (χ4v) is 1.75. The summed E-state index contributed by atoms with van der Waals surface area (Å²) in [5.74, 6) is 0.523. The van der Waals surface area contributed by atoms with Crippen LogP contribution in [0.4, 0.5) is 11.5 Å². The number of nitrogens with two attached hydrogens (primary N) is 1. The molecule has 2 aromatic rings. The molecule has 5 nitrogen and oxygen atoms in total. The van der Waals surface area contributed by atoms with E-state index < -0.39 is 0 Å². The molecular formula is C12H16N4O. The third-order valence-corrected chi connectivity index (χ3v) is 2.57. The maximum absolute atomic E-state index is 9.09. The second-order valence-corrected chi connectivity index (χ2v) is 3.80. The van der Waals surface area contributed by atoms with Crippen molar-refractivity contribution in [2.45, 2.75) is 6.54 Å². The highest BCUT2D eigenvalue weighted by atomic mass is 16.3. The van der Waals surface area contributed by atoms with Crippen molar-refractivity contribution in [2.24, 2.45) is 0 Å². The molecule has 0 aliphatic heterocycles. The summed E-state index contributed by atoms with van der Waals surface area (Å²) in [5, 5.41) is 15.7. The van der Waals surface area contributed by atoms with Gasteiger partial charge in [0.15, 0.2) is 0 Å². The minimum atomic E-state index is 0.0808. The number of hydrogen-bond acceptors (Lipinski definition) is 4. The molecule has 0 fully saturated rings. The van der Waals surface area contributed by atoms with E-state index in [1.165, 1.54) is 5.56 Å². The molecule has 0 saturated heterocycles. The SMILES string of the molecule is Nc1[nH]ncc1N(CCO)Cc1ccccc1. The van der Waals surface area contributed by atoms with Crippen LogP contribution in [0.2, 0.25) is 0 Å². The Labute approximate surface area is 99.9 Å². The first-order valence-electron chi connectivity index (χ1n) is 5.50. The van der Waals surface area contributed by atoms with Crippen molar-refractivity contribution in [1.82, 2.24) is 10.2 Å². The fraction of sp³-hybridized carbons (Fsp3) is 0.250. The molecule has 0 amide bonds. The lowest BCUT2D eigenvalue weighted by molar-refractivity contribution is 0.301. The maximum Gasteiger partial charge on any atom is 0.142 e. The third kappa shape index (κ3) is 2.76. The van der Waals surface area contributed by atoms with E-state index in [0.29, 0.717) is 18.9 Å². The van der Waals surface area contributed by atoms with Gasteiger partial charge in [-0.2, -0.15) is 5.10 Å². The van der Waals surface area contributed by atoms with E-state index in [1.54, 1.807) is 6.20 Å². The normalized spacial score (nSPS) is 10.4. The average molecular weight is 232 g/mol. The number of nitrogen functional groups attached to an aromatic ring is 1. The lowest BCUT2D eigenvalue weighted by Gasteiger charge is -2.22. The monoisotopic (exact) mass is 232 g/mol. The Hall–Kier alpha value is -2.01. The van der Waals surface area contributed by atoms with Gasteiger partial charge in [-0.25, -0.2) is 0 Å². The second-order valence-electron chi connectivity index (χ2n) is 3.80.